The fraction of sp³-hybridized carbons (Fsp3) is 0.556. The van der Waals surface area contributed by atoms with E-state index in [0.29, 0.717) is 5.89 Å². The molecule has 0 fully saturated rings. The predicted octanol–water partition coefficient (Wildman–Crippen LogP) is 1.43. The van der Waals surface area contributed by atoms with Crippen LogP contribution in [0.5, 0.6) is 0 Å². The third kappa shape index (κ3) is 2.31. The summed E-state index contributed by atoms with van der Waals surface area (Å²) < 4.78 is 5.27. The van der Waals surface area contributed by atoms with Gasteiger partial charge in [0.15, 0.2) is 0 Å². The quantitative estimate of drug-likeness (QED) is 0.766. The zero-order chi connectivity index (χ0) is 9.84. The molecule has 0 atom stereocenters. The lowest BCUT2D eigenvalue weighted by Crippen LogP contribution is -2.00. The second kappa shape index (κ2) is 4.07. The summed E-state index contributed by atoms with van der Waals surface area (Å²) in [6.07, 6.45) is 1.41. The smallest absolute Gasteiger partial charge is 0.312 e. The summed E-state index contributed by atoms with van der Waals surface area (Å²) in [7, 11) is 0. The van der Waals surface area contributed by atoms with E-state index in [4.69, 9.17) is 9.52 Å². The van der Waals surface area contributed by atoms with Crippen LogP contribution in [0, 0.1) is 0 Å². The lowest BCUT2D eigenvalue weighted by molar-refractivity contribution is -0.136. The predicted molar refractivity (Wildman–Crippen MR) is 46.6 cm³/mol. The summed E-state index contributed by atoms with van der Waals surface area (Å²) in [6, 6.07) is 0. The Balaban J connectivity index is 2.86. The van der Waals surface area contributed by atoms with Crippen LogP contribution in [0.2, 0.25) is 0 Å². The van der Waals surface area contributed by atoms with Crippen LogP contribution in [-0.4, -0.2) is 16.1 Å². The zero-order valence-electron chi connectivity index (χ0n) is 7.83. The van der Waals surface area contributed by atoms with Gasteiger partial charge in [0, 0.05) is 6.42 Å². The maximum Gasteiger partial charge on any atom is 0.312 e. The number of oxazole rings is 1. The Bertz CT molecular complexity index is 282. The molecule has 4 nitrogen and oxygen atoms in total. The van der Waals surface area contributed by atoms with E-state index < -0.39 is 5.97 Å². The van der Waals surface area contributed by atoms with Crippen molar-refractivity contribution in [2.24, 2.45) is 0 Å². The molecule has 0 aliphatic carbocycles. The van der Waals surface area contributed by atoms with Crippen LogP contribution < -0.4 is 0 Å². The third-order valence-corrected chi connectivity index (χ3v) is 1.78. The summed E-state index contributed by atoms with van der Waals surface area (Å²) in [5.41, 5.74) is 0.874. The molecule has 1 aromatic rings. The number of aromatic nitrogens is 1. The number of rotatable bonds is 4. The first-order valence-electron chi connectivity index (χ1n) is 4.36. The molecular formula is C9H13NO3. The molecule has 1 N–H and O–H groups in total. The second-order valence-electron chi connectivity index (χ2n) is 2.76. The molecule has 0 bridgehead atoms. The van der Waals surface area contributed by atoms with E-state index in [2.05, 4.69) is 4.98 Å². The number of hydrogen-bond acceptors (Lipinski definition) is 3. The van der Waals surface area contributed by atoms with Gasteiger partial charge < -0.3 is 9.52 Å². The van der Waals surface area contributed by atoms with Gasteiger partial charge in [-0.1, -0.05) is 13.8 Å². The van der Waals surface area contributed by atoms with Crippen LogP contribution in [-0.2, 0) is 24.1 Å². The Hall–Kier alpha value is -1.32. The van der Waals surface area contributed by atoms with Gasteiger partial charge in [0.25, 0.3) is 0 Å². The van der Waals surface area contributed by atoms with Gasteiger partial charge in [0.2, 0.25) is 5.89 Å². The number of aliphatic carboxylic acids is 1. The van der Waals surface area contributed by atoms with Gasteiger partial charge >= 0.3 is 5.97 Å². The Morgan fingerprint density at radius 3 is 2.54 bits per heavy atom. The molecule has 1 aromatic heterocycles. The number of carboxylic acid groups (broad SMARTS) is 1. The molecule has 0 aliphatic rings. The Kier molecular flexibility index (Phi) is 3.06. The lowest BCUT2D eigenvalue weighted by Gasteiger charge is -1.89. The molecule has 0 unspecified atom stereocenters. The summed E-state index contributed by atoms with van der Waals surface area (Å²) in [5.74, 6) is 0.200. The van der Waals surface area contributed by atoms with Crippen molar-refractivity contribution in [2.45, 2.75) is 33.1 Å². The first-order chi connectivity index (χ1) is 6.17. The van der Waals surface area contributed by atoms with E-state index in [9.17, 15) is 4.79 Å². The lowest BCUT2D eigenvalue weighted by atomic mass is 10.2. The van der Waals surface area contributed by atoms with Gasteiger partial charge in [-0.3, -0.25) is 4.79 Å². The summed E-state index contributed by atoms with van der Waals surface area (Å²) >= 11 is 0. The maximum absolute atomic E-state index is 10.4. The fourth-order valence-corrected chi connectivity index (χ4v) is 1.19. The Labute approximate surface area is 76.6 Å². The molecule has 0 aliphatic heterocycles. The van der Waals surface area contributed by atoms with Crippen molar-refractivity contribution in [3.8, 4) is 0 Å². The third-order valence-electron chi connectivity index (χ3n) is 1.78. The van der Waals surface area contributed by atoms with E-state index >= 15 is 0 Å². The first-order valence-corrected chi connectivity index (χ1v) is 4.36. The SMILES string of the molecule is CCc1nc(CC(=O)O)oc1CC. The van der Waals surface area contributed by atoms with Crippen molar-refractivity contribution in [2.75, 3.05) is 0 Å². The molecule has 0 saturated heterocycles. The van der Waals surface area contributed by atoms with E-state index in [1.807, 2.05) is 13.8 Å². The van der Waals surface area contributed by atoms with Crippen LogP contribution in [0.15, 0.2) is 4.42 Å². The molecule has 0 saturated carbocycles. The van der Waals surface area contributed by atoms with E-state index in [-0.39, 0.29) is 6.42 Å². The molecule has 1 rings (SSSR count). The van der Waals surface area contributed by atoms with E-state index in [1.165, 1.54) is 0 Å². The number of hydrogen-bond donors (Lipinski definition) is 1. The van der Waals surface area contributed by atoms with Gasteiger partial charge in [-0.2, -0.15) is 0 Å². The van der Waals surface area contributed by atoms with Gasteiger partial charge in [-0.05, 0) is 6.42 Å². The van der Waals surface area contributed by atoms with Crippen LogP contribution in [0.4, 0.5) is 0 Å². The van der Waals surface area contributed by atoms with Crippen LogP contribution in [0.3, 0.4) is 0 Å². The molecule has 0 spiro atoms. The van der Waals surface area contributed by atoms with Crippen molar-refractivity contribution in [3.05, 3.63) is 17.3 Å². The molecule has 0 amide bonds. The molecule has 72 valence electrons. The van der Waals surface area contributed by atoms with Crippen LogP contribution >= 0.6 is 0 Å². The topological polar surface area (TPSA) is 63.3 Å². The number of aryl methyl sites for hydroxylation is 2. The zero-order valence-corrected chi connectivity index (χ0v) is 7.83. The minimum atomic E-state index is -0.911. The molecule has 0 aromatic carbocycles. The number of carbonyl (C=O) groups is 1. The van der Waals surface area contributed by atoms with Crippen LogP contribution in [0.1, 0.15) is 31.2 Å². The Morgan fingerprint density at radius 2 is 2.15 bits per heavy atom. The van der Waals surface area contributed by atoms with Crippen LogP contribution in [0.25, 0.3) is 0 Å². The van der Waals surface area contributed by atoms with Gasteiger partial charge in [0.1, 0.15) is 12.2 Å². The van der Waals surface area contributed by atoms with E-state index in [0.717, 1.165) is 24.3 Å². The largest absolute Gasteiger partial charge is 0.481 e. The van der Waals surface area contributed by atoms with Crippen molar-refractivity contribution >= 4 is 5.97 Å². The normalized spacial score (nSPS) is 10.3. The van der Waals surface area contributed by atoms with Crippen molar-refractivity contribution in [1.82, 2.24) is 4.98 Å². The molecular weight excluding hydrogens is 170 g/mol. The number of nitrogens with zero attached hydrogens (tertiary/aromatic N) is 1. The van der Waals surface area contributed by atoms with E-state index in [1.54, 1.807) is 0 Å². The van der Waals surface area contributed by atoms with Gasteiger partial charge in [0.05, 0.1) is 5.69 Å². The average Bonchev–Trinajstić information content (AvgIpc) is 2.45. The minimum absolute atomic E-state index is 0.132. The minimum Gasteiger partial charge on any atom is -0.481 e. The highest BCUT2D eigenvalue weighted by Gasteiger charge is 2.12. The average molecular weight is 183 g/mol. The van der Waals surface area contributed by atoms with Crippen molar-refractivity contribution in [3.63, 3.8) is 0 Å². The standard InChI is InChI=1S/C9H13NO3/c1-3-6-7(4-2)13-8(10-6)5-9(11)12/h3-5H2,1-2H3,(H,11,12). The first kappa shape index (κ1) is 9.77. The number of carboxylic acids is 1. The monoisotopic (exact) mass is 183 g/mol. The summed E-state index contributed by atoms with van der Waals surface area (Å²) in [5, 5.41) is 8.51. The highest BCUT2D eigenvalue weighted by molar-refractivity contribution is 5.68. The van der Waals surface area contributed by atoms with Gasteiger partial charge in [-0.15, -0.1) is 0 Å². The molecule has 4 heteroatoms. The summed E-state index contributed by atoms with van der Waals surface area (Å²) in [6.45, 7) is 3.94. The van der Waals surface area contributed by atoms with Gasteiger partial charge in [-0.25, -0.2) is 4.98 Å². The molecule has 0 radical (unpaired) electrons. The van der Waals surface area contributed by atoms with Crippen molar-refractivity contribution in [1.29, 1.82) is 0 Å². The maximum atomic E-state index is 10.4. The molecule has 13 heavy (non-hydrogen) atoms. The highest BCUT2D eigenvalue weighted by atomic mass is 16.4. The summed E-state index contributed by atoms with van der Waals surface area (Å²) in [4.78, 5) is 14.5. The van der Waals surface area contributed by atoms with Crippen molar-refractivity contribution < 1.29 is 14.3 Å². The highest BCUT2D eigenvalue weighted by Crippen LogP contribution is 2.12. The second-order valence-corrected chi connectivity index (χ2v) is 2.76. The molecule has 1 heterocycles. The fourth-order valence-electron chi connectivity index (χ4n) is 1.19. The Morgan fingerprint density at radius 1 is 1.46 bits per heavy atom.